The molecule has 4 rings (SSSR count). The van der Waals surface area contributed by atoms with Crippen LogP contribution in [0.2, 0.25) is 0 Å². The molecule has 1 saturated carbocycles. The van der Waals surface area contributed by atoms with Crippen molar-refractivity contribution in [2.24, 2.45) is 5.92 Å². The van der Waals surface area contributed by atoms with Gasteiger partial charge in [0.2, 0.25) is 11.8 Å². The smallest absolute Gasteiger partial charge is 0.236 e. The molecule has 2 aliphatic rings. The molecular formula is C18H20N6O2. The lowest BCUT2D eigenvalue weighted by Gasteiger charge is -2.36. The fourth-order valence-electron chi connectivity index (χ4n) is 3.30. The molecule has 0 spiro atoms. The molecule has 2 N–H and O–H groups in total. The molecule has 26 heavy (non-hydrogen) atoms. The van der Waals surface area contributed by atoms with Crippen LogP contribution < -0.4 is 10.2 Å². The molecule has 0 atom stereocenters. The topological polar surface area (TPSA) is 105 Å². The fraction of sp³-hybridized carbons (Fsp3) is 0.444. The van der Waals surface area contributed by atoms with E-state index in [1.807, 2.05) is 24.4 Å². The number of anilines is 2. The average Bonchev–Trinajstić information content (AvgIpc) is 3.40. The number of fused-ring (bicyclic) bond motifs is 1. The van der Waals surface area contributed by atoms with Gasteiger partial charge in [0.1, 0.15) is 17.9 Å². The first kappa shape index (κ1) is 16.4. The third-order valence-electron chi connectivity index (χ3n) is 4.91. The Labute approximate surface area is 150 Å². The van der Waals surface area contributed by atoms with Crippen LogP contribution in [0.1, 0.15) is 19.3 Å². The summed E-state index contributed by atoms with van der Waals surface area (Å²) in [5.74, 6) is 0.580. The molecule has 3 heterocycles. The minimum absolute atomic E-state index is 0.0290. The van der Waals surface area contributed by atoms with Crippen LogP contribution in [0, 0.1) is 17.2 Å². The molecule has 2 fully saturated rings. The summed E-state index contributed by atoms with van der Waals surface area (Å²) in [5, 5.41) is 12.6. The summed E-state index contributed by atoms with van der Waals surface area (Å²) >= 11 is 0. The van der Waals surface area contributed by atoms with E-state index in [-0.39, 0.29) is 24.2 Å². The number of carbonyl (C=O) groups excluding carboxylic acids is 2. The molecule has 0 aromatic carbocycles. The van der Waals surface area contributed by atoms with Crippen molar-refractivity contribution in [2.75, 3.05) is 36.4 Å². The second kappa shape index (κ2) is 6.67. The van der Waals surface area contributed by atoms with Crippen molar-refractivity contribution in [2.45, 2.75) is 19.3 Å². The molecule has 2 amide bonds. The lowest BCUT2D eigenvalue weighted by molar-refractivity contribution is -0.130. The molecule has 2 aromatic rings. The largest absolute Gasteiger partial charge is 0.367 e. The predicted molar refractivity (Wildman–Crippen MR) is 96.5 cm³/mol. The van der Waals surface area contributed by atoms with Crippen molar-refractivity contribution < 1.29 is 9.59 Å². The number of pyridine rings is 1. The molecule has 8 nitrogen and oxygen atoms in total. The lowest BCUT2D eigenvalue weighted by atomic mass is 10.2. The van der Waals surface area contributed by atoms with Crippen molar-refractivity contribution >= 4 is 34.4 Å². The minimum atomic E-state index is -0.119. The third kappa shape index (κ3) is 3.20. The van der Waals surface area contributed by atoms with E-state index in [4.69, 9.17) is 5.26 Å². The highest BCUT2D eigenvalue weighted by Gasteiger charge is 2.30. The van der Waals surface area contributed by atoms with Crippen LogP contribution in [0.25, 0.3) is 11.0 Å². The summed E-state index contributed by atoms with van der Waals surface area (Å²) < 4.78 is 0. The number of aromatic nitrogens is 2. The molecule has 1 aliphatic carbocycles. The van der Waals surface area contributed by atoms with E-state index in [0.29, 0.717) is 32.0 Å². The highest BCUT2D eigenvalue weighted by Crippen LogP contribution is 2.32. The summed E-state index contributed by atoms with van der Waals surface area (Å²) in [7, 11) is 0. The number of amides is 2. The standard InChI is InChI=1S/C18H20N6O2/c19-5-3-16(25)24-9-7-23(8-10-24)14-11-15(22-18(26)12-1-2-12)21-17-13(14)4-6-20-17/h4,6,11-12H,1-3,7-10H2,(H2,20,21,22,26). The number of piperazine rings is 1. The summed E-state index contributed by atoms with van der Waals surface area (Å²) in [6.45, 7) is 2.52. The van der Waals surface area contributed by atoms with Crippen molar-refractivity contribution in [1.82, 2.24) is 14.9 Å². The SMILES string of the molecule is N#CCC(=O)N1CCN(c2cc(NC(=O)C3CC3)nc3[nH]ccc23)CC1. The first-order valence-corrected chi connectivity index (χ1v) is 8.84. The molecule has 1 aliphatic heterocycles. The number of nitriles is 1. The highest BCUT2D eigenvalue weighted by molar-refractivity contribution is 5.97. The molecule has 0 unspecified atom stereocenters. The average molecular weight is 352 g/mol. The van der Waals surface area contributed by atoms with Gasteiger partial charge in [-0.2, -0.15) is 5.26 Å². The first-order valence-electron chi connectivity index (χ1n) is 8.84. The predicted octanol–water partition coefficient (Wildman–Crippen LogP) is 1.47. The van der Waals surface area contributed by atoms with Gasteiger partial charge >= 0.3 is 0 Å². The van der Waals surface area contributed by atoms with Gasteiger partial charge in [0.05, 0.1) is 11.8 Å². The number of hydrogen-bond donors (Lipinski definition) is 2. The maximum Gasteiger partial charge on any atom is 0.236 e. The van der Waals surface area contributed by atoms with Crippen molar-refractivity contribution in [3.05, 3.63) is 18.3 Å². The maximum absolute atomic E-state index is 12.1. The van der Waals surface area contributed by atoms with Gasteiger partial charge in [0.15, 0.2) is 0 Å². The fourth-order valence-corrected chi connectivity index (χ4v) is 3.30. The van der Waals surface area contributed by atoms with E-state index in [9.17, 15) is 9.59 Å². The Hall–Kier alpha value is -3.08. The van der Waals surface area contributed by atoms with Crippen LogP contribution in [-0.4, -0.2) is 52.9 Å². The van der Waals surface area contributed by atoms with Gasteiger partial charge < -0.3 is 20.1 Å². The van der Waals surface area contributed by atoms with Gasteiger partial charge in [-0.15, -0.1) is 0 Å². The van der Waals surface area contributed by atoms with Crippen LogP contribution in [-0.2, 0) is 9.59 Å². The Morgan fingerprint density at radius 1 is 1.31 bits per heavy atom. The number of rotatable bonds is 4. The Morgan fingerprint density at radius 2 is 2.08 bits per heavy atom. The summed E-state index contributed by atoms with van der Waals surface area (Å²) in [6.07, 6.45) is 3.65. The Morgan fingerprint density at radius 3 is 2.77 bits per heavy atom. The number of H-pyrrole nitrogens is 1. The first-order chi connectivity index (χ1) is 12.7. The Kier molecular flexibility index (Phi) is 4.21. The number of nitrogens with zero attached hydrogens (tertiary/aromatic N) is 4. The molecule has 8 heteroatoms. The van der Waals surface area contributed by atoms with Crippen molar-refractivity contribution in [1.29, 1.82) is 5.26 Å². The number of carbonyl (C=O) groups is 2. The Balaban J connectivity index is 1.54. The summed E-state index contributed by atoms with van der Waals surface area (Å²) in [4.78, 5) is 35.5. The zero-order valence-electron chi connectivity index (χ0n) is 14.4. The van der Waals surface area contributed by atoms with Gasteiger partial charge in [-0.05, 0) is 18.9 Å². The van der Waals surface area contributed by atoms with Crippen LogP contribution in [0.15, 0.2) is 18.3 Å². The minimum Gasteiger partial charge on any atom is -0.367 e. The monoisotopic (exact) mass is 352 g/mol. The number of hydrogen-bond acceptors (Lipinski definition) is 5. The third-order valence-corrected chi connectivity index (χ3v) is 4.91. The molecule has 134 valence electrons. The summed E-state index contributed by atoms with van der Waals surface area (Å²) in [5.41, 5.74) is 1.73. The molecule has 1 saturated heterocycles. The molecule has 0 bridgehead atoms. The van der Waals surface area contributed by atoms with Crippen LogP contribution in [0.3, 0.4) is 0 Å². The molecule has 0 radical (unpaired) electrons. The van der Waals surface area contributed by atoms with E-state index < -0.39 is 0 Å². The zero-order valence-corrected chi connectivity index (χ0v) is 14.4. The van der Waals surface area contributed by atoms with E-state index in [0.717, 1.165) is 29.6 Å². The van der Waals surface area contributed by atoms with E-state index in [2.05, 4.69) is 20.2 Å². The van der Waals surface area contributed by atoms with E-state index >= 15 is 0 Å². The molecular weight excluding hydrogens is 332 g/mol. The van der Waals surface area contributed by atoms with Gasteiger partial charge in [-0.3, -0.25) is 9.59 Å². The Bertz CT molecular complexity index is 887. The lowest BCUT2D eigenvalue weighted by Crippen LogP contribution is -2.48. The van der Waals surface area contributed by atoms with Crippen molar-refractivity contribution in [3.63, 3.8) is 0 Å². The normalized spacial score (nSPS) is 17.2. The van der Waals surface area contributed by atoms with Crippen molar-refractivity contribution in [3.8, 4) is 6.07 Å². The van der Waals surface area contributed by atoms with Gasteiger partial charge in [-0.1, -0.05) is 0 Å². The second-order valence-corrected chi connectivity index (χ2v) is 6.73. The number of aromatic amines is 1. The van der Waals surface area contributed by atoms with Crippen LogP contribution >= 0.6 is 0 Å². The maximum atomic E-state index is 12.1. The van der Waals surface area contributed by atoms with Gasteiger partial charge in [-0.25, -0.2) is 4.98 Å². The zero-order chi connectivity index (χ0) is 18.1. The van der Waals surface area contributed by atoms with Gasteiger partial charge in [0, 0.05) is 49.7 Å². The number of nitrogens with one attached hydrogen (secondary N) is 2. The van der Waals surface area contributed by atoms with E-state index in [1.54, 1.807) is 4.90 Å². The van der Waals surface area contributed by atoms with E-state index in [1.165, 1.54) is 0 Å². The van der Waals surface area contributed by atoms with Gasteiger partial charge in [0.25, 0.3) is 0 Å². The summed E-state index contributed by atoms with van der Waals surface area (Å²) in [6, 6.07) is 5.79. The van der Waals surface area contributed by atoms with Crippen LogP contribution in [0.4, 0.5) is 11.5 Å². The molecule has 2 aromatic heterocycles. The second-order valence-electron chi connectivity index (χ2n) is 6.73. The highest BCUT2D eigenvalue weighted by atomic mass is 16.2. The van der Waals surface area contributed by atoms with Crippen LogP contribution in [0.5, 0.6) is 0 Å². The quantitative estimate of drug-likeness (QED) is 0.867.